The van der Waals surface area contributed by atoms with E-state index in [4.69, 9.17) is 16.3 Å². The molecule has 1 aromatic rings. The summed E-state index contributed by atoms with van der Waals surface area (Å²) in [6.07, 6.45) is 1.69. The van der Waals surface area contributed by atoms with Gasteiger partial charge in [-0.2, -0.15) is 12.8 Å². The van der Waals surface area contributed by atoms with Crippen molar-refractivity contribution >= 4 is 44.4 Å². The number of hydrogen-bond donors (Lipinski definition) is 1. The maximum atomic E-state index is 12.0. The minimum atomic E-state index is -4.16. The third-order valence-corrected chi connectivity index (χ3v) is 5.35. The fourth-order valence-corrected chi connectivity index (χ4v) is 3.79. The highest BCUT2D eigenvalue weighted by Crippen LogP contribution is 2.22. The van der Waals surface area contributed by atoms with Crippen molar-refractivity contribution < 1.29 is 21.9 Å². The number of sulfonamides is 1. The molecule has 1 aliphatic rings. The van der Waals surface area contributed by atoms with Crippen LogP contribution in [-0.2, 0) is 24.7 Å². The first-order valence-electron chi connectivity index (χ1n) is 5.53. The Hall–Kier alpha value is -1.49. The summed E-state index contributed by atoms with van der Waals surface area (Å²) >= 11 is 5.88. The van der Waals surface area contributed by atoms with Gasteiger partial charge in [0.2, 0.25) is 0 Å². The average Bonchev–Trinajstić information content (AvgIpc) is 2.37. The van der Waals surface area contributed by atoms with E-state index in [9.17, 15) is 17.2 Å². The second kappa shape index (κ2) is 5.72. The summed E-state index contributed by atoms with van der Waals surface area (Å²) in [6, 6.07) is 2.11. The van der Waals surface area contributed by atoms with Crippen LogP contribution in [0.4, 0.5) is 0 Å². The molecule has 0 bridgehead atoms. The molecular formula is C10H10ClN3O5S2. The van der Waals surface area contributed by atoms with E-state index in [1.807, 2.05) is 0 Å². The summed E-state index contributed by atoms with van der Waals surface area (Å²) in [5.41, 5.74) is 0. The van der Waals surface area contributed by atoms with Gasteiger partial charge in [-0.3, -0.25) is 4.55 Å². The van der Waals surface area contributed by atoms with Crippen molar-refractivity contribution in [1.82, 2.24) is 0 Å². The summed E-state index contributed by atoms with van der Waals surface area (Å²) in [6.45, 7) is 1.90. The summed E-state index contributed by atoms with van der Waals surface area (Å²) in [5.74, 6) is 0. The lowest BCUT2D eigenvalue weighted by Gasteiger charge is -2.05. The highest BCUT2D eigenvalue weighted by Gasteiger charge is 2.20. The van der Waals surface area contributed by atoms with E-state index in [0.29, 0.717) is 0 Å². The predicted octanol–water partition coefficient (Wildman–Crippen LogP) is 0.678. The fraction of sp³-hybridized carbons (Fsp3) is 0.200. The normalized spacial score (nSPS) is 21.1. The molecule has 0 saturated carbocycles. The van der Waals surface area contributed by atoms with Crippen LogP contribution in [-0.4, -0.2) is 36.5 Å². The van der Waals surface area contributed by atoms with Gasteiger partial charge in [0.25, 0.3) is 10.0 Å². The van der Waals surface area contributed by atoms with Gasteiger partial charge < -0.3 is 4.74 Å². The molecule has 0 aliphatic carbocycles. The number of ether oxygens (including phenoxy) is 1. The van der Waals surface area contributed by atoms with Gasteiger partial charge >= 0.3 is 0 Å². The van der Waals surface area contributed by atoms with E-state index < -0.39 is 24.9 Å². The molecule has 8 nitrogen and oxygen atoms in total. The zero-order valence-corrected chi connectivity index (χ0v) is 13.0. The molecule has 0 aromatic heterocycles. The monoisotopic (exact) mass is 351 g/mol. The Morgan fingerprint density at radius 1 is 1.52 bits per heavy atom. The van der Waals surface area contributed by atoms with Crippen LogP contribution in [0.1, 0.15) is 6.92 Å². The van der Waals surface area contributed by atoms with Crippen LogP contribution in [0, 0.1) is 4.51 Å². The number of rotatable bonds is 4. The fourth-order valence-electron chi connectivity index (χ4n) is 1.46. The molecule has 114 valence electrons. The molecule has 1 heterocycles. The lowest BCUT2D eigenvalue weighted by molar-refractivity contribution is 0.344. The topological polar surface area (TPSA) is 118 Å². The first-order chi connectivity index (χ1) is 9.78. The standard InChI is InChI=1S/C10H10ClN3O5S2/c1-2-19-6-14-20(15,16)9-4-10-8(3-7(9)11)12-5-13-21(10,17)18/h3-6H,2H2,1H3,(H,12,13,17,18)/b14-6+. The lowest BCUT2D eigenvalue weighted by Crippen LogP contribution is -2.16. The van der Waals surface area contributed by atoms with E-state index in [0.717, 1.165) is 18.8 Å². The Morgan fingerprint density at radius 2 is 2.24 bits per heavy atom. The van der Waals surface area contributed by atoms with Crippen LogP contribution in [0.2, 0.25) is 5.02 Å². The zero-order chi connectivity index (χ0) is 15.7. The van der Waals surface area contributed by atoms with Crippen LogP contribution in [0.3, 0.4) is 0 Å². The average molecular weight is 352 g/mol. The molecule has 1 aliphatic heterocycles. The van der Waals surface area contributed by atoms with Crippen molar-refractivity contribution in [3.05, 3.63) is 27.0 Å². The van der Waals surface area contributed by atoms with Crippen LogP contribution >= 0.6 is 11.6 Å². The zero-order valence-electron chi connectivity index (χ0n) is 10.6. The summed E-state index contributed by atoms with van der Waals surface area (Å²) in [5, 5.41) is -0.0908. The molecule has 2 rings (SSSR count). The van der Waals surface area contributed by atoms with Gasteiger partial charge in [-0.25, -0.2) is 9.20 Å². The Bertz CT molecular complexity index is 946. The molecule has 21 heavy (non-hydrogen) atoms. The Kier molecular flexibility index (Phi) is 4.33. The van der Waals surface area contributed by atoms with Crippen molar-refractivity contribution in [3.63, 3.8) is 0 Å². The number of hydrogen-bond acceptors (Lipinski definition) is 5. The van der Waals surface area contributed by atoms with E-state index in [2.05, 4.69) is 13.8 Å². The van der Waals surface area contributed by atoms with E-state index in [-0.39, 0.29) is 21.5 Å². The first kappa shape index (κ1) is 15.9. The smallest absolute Gasteiger partial charge is 0.286 e. The van der Waals surface area contributed by atoms with Gasteiger partial charge in [0.15, 0.2) is 16.4 Å². The molecule has 11 heteroatoms. The molecule has 0 fully saturated rings. The van der Waals surface area contributed by atoms with E-state index in [1.54, 1.807) is 6.92 Å². The summed E-state index contributed by atoms with van der Waals surface area (Å²) in [7, 11) is -7.91. The van der Waals surface area contributed by atoms with E-state index >= 15 is 0 Å². The third-order valence-electron chi connectivity index (χ3n) is 2.39. The highest BCUT2D eigenvalue weighted by molar-refractivity contribution is 7.90. The Labute approximate surface area is 125 Å². The van der Waals surface area contributed by atoms with Crippen LogP contribution < -0.4 is 5.36 Å². The Morgan fingerprint density at radius 3 is 2.90 bits per heavy atom. The van der Waals surface area contributed by atoms with Gasteiger partial charge in [-0.1, -0.05) is 11.6 Å². The molecule has 1 aromatic carbocycles. The molecule has 0 amide bonds. The molecule has 0 spiro atoms. The van der Waals surface area contributed by atoms with Gasteiger partial charge in [0.1, 0.15) is 15.7 Å². The molecule has 0 radical (unpaired) electrons. The van der Waals surface area contributed by atoms with Gasteiger partial charge in [-0.05, 0) is 19.1 Å². The van der Waals surface area contributed by atoms with Crippen molar-refractivity contribution in [2.24, 2.45) is 13.8 Å². The maximum absolute atomic E-state index is 12.0. The quantitative estimate of drug-likeness (QED) is 0.486. The number of nitrogens with zero attached hydrogens (tertiary/aromatic N) is 3. The van der Waals surface area contributed by atoms with Crippen LogP contribution in [0.5, 0.6) is 0 Å². The van der Waals surface area contributed by atoms with Gasteiger partial charge in [0, 0.05) is 0 Å². The van der Waals surface area contributed by atoms with Gasteiger partial charge in [-0.15, -0.1) is 4.40 Å². The minimum Gasteiger partial charge on any atom is -0.483 e. The first-order valence-corrected chi connectivity index (χ1v) is 8.82. The minimum absolute atomic E-state index is 0.0789. The summed E-state index contributed by atoms with van der Waals surface area (Å²) in [4.78, 5) is 3.35. The number of benzene rings is 1. The third kappa shape index (κ3) is 3.23. The van der Waals surface area contributed by atoms with Crippen LogP contribution in [0.15, 0.2) is 30.8 Å². The molecule has 1 unspecified atom stereocenters. The van der Waals surface area contributed by atoms with Crippen molar-refractivity contribution in [2.75, 3.05) is 6.61 Å². The maximum Gasteiger partial charge on any atom is 0.286 e. The molecule has 1 N–H and O–H groups in total. The van der Waals surface area contributed by atoms with Crippen molar-refractivity contribution in [3.8, 4) is 0 Å². The number of halogens is 1. The molecule has 1 atom stereocenters. The molecular weight excluding hydrogens is 342 g/mol. The predicted molar refractivity (Wildman–Crippen MR) is 78.0 cm³/mol. The van der Waals surface area contributed by atoms with Crippen LogP contribution in [0.25, 0.3) is 0 Å². The Balaban J connectivity index is 2.74. The van der Waals surface area contributed by atoms with Crippen molar-refractivity contribution in [1.29, 1.82) is 0 Å². The van der Waals surface area contributed by atoms with Crippen molar-refractivity contribution in [2.45, 2.75) is 11.8 Å². The second-order valence-corrected chi connectivity index (χ2v) is 7.39. The second-order valence-electron chi connectivity index (χ2n) is 3.74. The largest absolute Gasteiger partial charge is 0.483 e. The SMILES string of the molecule is CCO/C=N/S(=O)(=O)c1cc2c(cc1Cl)=NC=NS=2(=O)O. The summed E-state index contributed by atoms with van der Waals surface area (Å²) < 4.78 is 56.7. The highest BCUT2D eigenvalue weighted by atomic mass is 35.5. The number of fused-ring (bicyclic) bond motifs is 1. The van der Waals surface area contributed by atoms with Gasteiger partial charge in [0.05, 0.1) is 17.0 Å². The lowest BCUT2D eigenvalue weighted by atomic mass is 10.3. The van der Waals surface area contributed by atoms with E-state index in [1.165, 1.54) is 6.07 Å². The molecule has 0 saturated heterocycles.